The maximum Gasteiger partial charge on any atom is 0.339 e. The van der Waals surface area contributed by atoms with Crippen LogP contribution in [0.25, 0.3) is 0 Å². The third kappa shape index (κ3) is 5.25. The van der Waals surface area contributed by atoms with Crippen LogP contribution in [0.2, 0.25) is 10.0 Å². The lowest BCUT2D eigenvalue weighted by Crippen LogP contribution is -2.16. The predicted molar refractivity (Wildman–Crippen MR) is 86.7 cm³/mol. The summed E-state index contributed by atoms with van der Waals surface area (Å²) in [6.45, 7) is 5.60. The number of nitrogens with zero attached hydrogens (tertiary/aromatic N) is 1. The van der Waals surface area contributed by atoms with Crippen molar-refractivity contribution in [3.63, 3.8) is 0 Å². The first-order chi connectivity index (χ1) is 9.99. The second-order valence-electron chi connectivity index (χ2n) is 4.13. The zero-order valence-electron chi connectivity index (χ0n) is 11.8. The quantitative estimate of drug-likeness (QED) is 0.375. The molecule has 0 atom stereocenters. The van der Waals surface area contributed by atoms with Gasteiger partial charge in [0.25, 0.3) is 0 Å². The summed E-state index contributed by atoms with van der Waals surface area (Å²) in [6, 6.07) is 5.35. The van der Waals surface area contributed by atoms with E-state index in [0.717, 1.165) is 5.56 Å². The molecule has 4 nitrogen and oxygen atoms in total. The summed E-state index contributed by atoms with van der Waals surface area (Å²) < 4.78 is 4.73. The fourth-order valence-corrected chi connectivity index (χ4v) is 1.88. The Bertz CT molecular complexity index is 595. The van der Waals surface area contributed by atoms with Crippen LogP contribution in [-0.2, 0) is 16.1 Å². The van der Waals surface area contributed by atoms with E-state index in [1.54, 1.807) is 19.1 Å². The number of hydrogen-bond acceptors (Lipinski definition) is 4. The lowest BCUT2D eigenvalue weighted by molar-refractivity contribution is -0.135. The van der Waals surface area contributed by atoms with Gasteiger partial charge in [0.05, 0.1) is 22.7 Å². The summed E-state index contributed by atoms with van der Waals surface area (Å²) in [4.78, 5) is 15.3. The van der Waals surface area contributed by atoms with Gasteiger partial charge in [0.1, 0.15) is 0 Å². The van der Waals surface area contributed by atoms with Crippen molar-refractivity contribution in [3.8, 4) is 0 Å². The van der Waals surface area contributed by atoms with Gasteiger partial charge < -0.3 is 10.1 Å². The summed E-state index contributed by atoms with van der Waals surface area (Å²) >= 11 is 11.8. The number of esters is 1. The lowest BCUT2D eigenvalue weighted by Gasteiger charge is -2.11. The zero-order valence-corrected chi connectivity index (χ0v) is 13.3. The van der Waals surface area contributed by atoms with Gasteiger partial charge in [-0.3, -0.25) is 4.99 Å². The number of allylic oxidation sites excluding steroid dienone is 1. The summed E-state index contributed by atoms with van der Waals surface area (Å²) in [5.41, 5.74) is 1.98. The first kappa shape index (κ1) is 17.3. The van der Waals surface area contributed by atoms with Crippen molar-refractivity contribution < 1.29 is 9.53 Å². The highest BCUT2D eigenvalue weighted by molar-refractivity contribution is 6.42. The van der Waals surface area contributed by atoms with E-state index in [-0.39, 0.29) is 0 Å². The number of methoxy groups -OCH3 is 1. The van der Waals surface area contributed by atoms with Gasteiger partial charge in [-0.1, -0.05) is 29.3 Å². The van der Waals surface area contributed by atoms with E-state index in [1.807, 2.05) is 6.07 Å². The molecule has 0 spiro atoms. The van der Waals surface area contributed by atoms with E-state index in [2.05, 4.69) is 17.0 Å². The Morgan fingerprint density at radius 3 is 2.71 bits per heavy atom. The van der Waals surface area contributed by atoms with Crippen LogP contribution in [-0.4, -0.2) is 19.8 Å². The van der Waals surface area contributed by atoms with Crippen molar-refractivity contribution >= 4 is 35.9 Å². The second kappa shape index (κ2) is 8.49. The maximum absolute atomic E-state index is 11.7. The molecule has 0 aromatic heterocycles. The Labute approximate surface area is 134 Å². The van der Waals surface area contributed by atoms with Gasteiger partial charge in [0.15, 0.2) is 0 Å². The monoisotopic (exact) mass is 326 g/mol. The van der Waals surface area contributed by atoms with E-state index >= 15 is 0 Å². The second-order valence-corrected chi connectivity index (χ2v) is 4.94. The number of benzene rings is 1. The molecule has 1 N–H and O–H groups in total. The minimum absolute atomic E-state index is 0.380. The Hall–Kier alpha value is -1.78. The molecule has 0 amide bonds. The van der Waals surface area contributed by atoms with Crippen molar-refractivity contribution in [1.29, 1.82) is 0 Å². The highest BCUT2D eigenvalue weighted by atomic mass is 35.5. The molecule has 0 radical (unpaired) electrons. The van der Waals surface area contributed by atoms with Crippen LogP contribution in [0.5, 0.6) is 0 Å². The number of hydrogen-bond donors (Lipinski definition) is 1. The number of rotatable bonds is 6. The normalized spacial score (nSPS) is 12.0. The Morgan fingerprint density at radius 2 is 2.14 bits per heavy atom. The molecule has 1 rings (SSSR count). The molecule has 1 aromatic rings. The van der Waals surface area contributed by atoms with Gasteiger partial charge in [0, 0.05) is 18.4 Å². The third-order valence-electron chi connectivity index (χ3n) is 2.70. The van der Waals surface area contributed by atoms with Crippen LogP contribution in [0, 0.1) is 0 Å². The van der Waals surface area contributed by atoms with Gasteiger partial charge in [-0.05, 0) is 37.4 Å². The van der Waals surface area contributed by atoms with Gasteiger partial charge >= 0.3 is 5.97 Å². The highest BCUT2D eigenvalue weighted by Gasteiger charge is 2.10. The van der Waals surface area contributed by atoms with E-state index in [4.69, 9.17) is 27.9 Å². The van der Waals surface area contributed by atoms with Crippen LogP contribution < -0.4 is 5.32 Å². The highest BCUT2D eigenvalue weighted by Crippen LogP contribution is 2.22. The van der Waals surface area contributed by atoms with Crippen LogP contribution in [0.15, 0.2) is 46.7 Å². The van der Waals surface area contributed by atoms with Gasteiger partial charge in [-0.25, -0.2) is 4.79 Å². The molecule has 0 unspecified atom stereocenters. The molecular weight excluding hydrogens is 311 g/mol. The molecule has 0 saturated heterocycles. The zero-order chi connectivity index (χ0) is 15.8. The molecule has 112 valence electrons. The van der Waals surface area contributed by atoms with Crippen LogP contribution in [0.1, 0.15) is 12.5 Å². The molecule has 0 fully saturated rings. The number of aliphatic imine (C=N–C) groups is 1. The van der Waals surface area contributed by atoms with Crippen molar-refractivity contribution in [3.05, 3.63) is 57.4 Å². The minimum atomic E-state index is -0.450. The molecule has 0 heterocycles. The average Bonchev–Trinajstić information content (AvgIpc) is 2.48. The smallest absolute Gasteiger partial charge is 0.339 e. The van der Waals surface area contributed by atoms with Gasteiger partial charge in [0.2, 0.25) is 0 Å². The molecule has 0 saturated carbocycles. The van der Waals surface area contributed by atoms with E-state index in [1.165, 1.54) is 19.4 Å². The first-order valence-electron chi connectivity index (χ1n) is 6.09. The number of ether oxygens (including phenoxy) is 1. The molecular formula is C15H16Cl2N2O2. The Kier molecular flexibility index (Phi) is 6.99. The number of carbonyl (C=O) groups is 1. The minimum Gasteiger partial charge on any atom is -0.465 e. The molecule has 21 heavy (non-hydrogen) atoms. The Morgan fingerprint density at radius 1 is 1.43 bits per heavy atom. The molecule has 0 aliphatic heterocycles. The molecule has 0 aliphatic rings. The number of halogens is 2. The SMILES string of the molecule is C=N/C=C\C(C(=O)OC)=C(/C)NCc1ccc(Cl)c(Cl)c1. The summed E-state index contributed by atoms with van der Waals surface area (Å²) in [5.74, 6) is -0.450. The molecule has 6 heteroatoms. The molecule has 0 bridgehead atoms. The number of nitrogens with one attached hydrogen (secondary N) is 1. The van der Waals surface area contributed by atoms with Gasteiger partial charge in [-0.15, -0.1) is 0 Å². The maximum atomic E-state index is 11.7. The average molecular weight is 327 g/mol. The van der Waals surface area contributed by atoms with Crippen molar-refractivity contribution in [2.45, 2.75) is 13.5 Å². The van der Waals surface area contributed by atoms with Crippen molar-refractivity contribution in [2.75, 3.05) is 7.11 Å². The van der Waals surface area contributed by atoms with Crippen LogP contribution in [0.3, 0.4) is 0 Å². The molecule has 0 aliphatic carbocycles. The predicted octanol–water partition coefficient (Wildman–Crippen LogP) is 3.74. The topological polar surface area (TPSA) is 50.7 Å². The van der Waals surface area contributed by atoms with E-state index < -0.39 is 5.97 Å². The van der Waals surface area contributed by atoms with Crippen LogP contribution in [0.4, 0.5) is 0 Å². The van der Waals surface area contributed by atoms with Crippen molar-refractivity contribution in [2.24, 2.45) is 4.99 Å². The summed E-state index contributed by atoms with van der Waals surface area (Å²) in [6.07, 6.45) is 2.96. The molecule has 1 aromatic carbocycles. The Balaban J connectivity index is 2.88. The fraction of sp³-hybridized carbons (Fsp3) is 0.200. The summed E-state index contributed by atoms with van der Waals surface area (Å²) in [7, 11) is 1.32. The fourth-order valence-electron chi connectivity index (χ4n) is 1.56. The summed E-state index contributed by atoms with van der Waals surface area (Å²) in [5, 5.41) is 4.12. The largest absolute Gasteiger partial charge is 0.465 e. The number of carbonyl (C=O) groups excluding carboxylic acids is 1. The van der Waals surface area contributed by atoms with Crippen molar-refractivity contribution in [1.82, 2.24) is 5.32 Å². The van der Waals surface area contributed by atoms with E-state index in [0.29, 0.717) is 27.9 Å². The van der Waals surface area contributed by atoms with Gasteiger partial charge in [-0.2, -0.15) is 0 Å². The lowest BCUT2D eigenvalue weighted by atomic mass is 10.2. The van der Waals surface area contributed by atoms with Crippen LogP contribution >= 0.6 is 23.2 Å². The third-order valence-corrected chi connectivity index (χ3v) is 3.44. The standard InChI is InChI=1S/C15H16Cl2N2O2/c1-10(12(6-7-18-2)15(20)21-3)19-9-11-4-5-13(16)14(17)8-11/h4-8,19H,2,9H2,1,3H3/b7-6-,12-10-. The first-order valence-corrected chi connectivity index (χ1v) is 6.84. The van der Waals surface area contributed by atoms with E-state index in [9.17, 15) is 4.79 Å².